The van der Waals surface area contributed by atoms with Gasteiger partial charge in [-0.05, 0) is 19.3 Å². The third-order valence-electron chi connectivity index (χ3n) is 2.11. The molecule has 1 aliphatic rings. The Morgan fingerprint density at radius 2 is 2.00 bits per heavy atom. The Hall–Kier alpha value is 1.11. The van der Waals surface area contributed by atoms with Crippen LogP contribution in [-0.2, 0) is 14.6 Å². The summed E-state index contributed by atoms with van der Waals surface area (Å²) >= 11 is 6.71. The summed E-state index contributed by atoms with van der Waals surface area (Å²) in [5.41, 5.74) is 0. The van der Waals surface area contributed by atoms with Gasteiger partial charge in [0.05, 0.1) is 6.61 Å². The third kappa shape index (κ3) is 8.77. The second-order valence-corrected chi connectivity index (χ2v) is 6.17. The zero-order chi connectivity index (χ0) is 12.0. The van der Waals surface area contributed by atoms with E-state index in [0.29, 0.717) is 12.2 Å². The van der Waals surface area contributed by atoms with E-state index in [9.17, 15) is 13.0 Å². The minimum Gasteiger partial charge on any atom is -0.726 e. The van der Waals surface area contributed by atoms with E-state index in [1.807, 2.05) is 0 Å². The van der Waals surface area contributed by atoms with E-state index in [1.165, 1.54) is 24.6 Å². The van der Waals surface area contributed by atoms with Gasteiger partial charge in [0, 0.05) is 18.8 Å². The van der Waals surface area contributed by atoms with E-state index >= 15 is 0 Å². The van der Waals surface area contributed by atoms with Crippen LogP contribution >= 0.6 is 24.0 Å². The number of hydrogen-bond donors (Lipinski definition) is 0. The molecule has 1 fully saturated rings. The van der Waals surface area contributed by atoms with Crippen molar-refractivity contribution in [2.75, 3.05) is 25.4 Å². The standard InChI is InChI=1S/C8H15NO4S3.Na/c10-16(11,12)13-6-3-7-15-8(14)9-4-1-2-5-9;/h1-7H2,(H,10,11,12);/q;+1/p-1. The maximum absolute atomic E-state index is 10.1. The summed E-state index contributed by atoms with van der Waals surface area (Å²) in [5, 5.41) is 0. The molecule has 0 unspecified atom stereocenters. The molecule has 0 spiro atoms. The largest absolute Gasteiger partial charge is 1.00 e. The smallest absolute Gasteiger partial charge is 0.726 e. The number of hydrogen-bond acceptors (Lipinski definition) is 6. The van der Waals surface area contributed by atoms with Crippen molar-refractivity contribution in [3.8, 4) is 0 Å². The molecule has 0 aromatic carbocycles. The van der Waals surface area contributed by atoms with Crippen LogP contribution in [0, 0.1) is 0 Å². The number of rotatable bonds is 5. The van der Waals surface area contributed by atoms with Gasteiger partial charge in [-0.25, -0.2) is 8.42 Å². The van der Waals surface area contributed by atoms with Crippen LogP contribution in [0.2, 0.25) is 0 Å². The van der Waals surface area contributed by atoms with Gasteiger partial charge >= 0.3 is 29.6 Å². The number of thioether (sulfide) groups is 1. The minimum absolute atomic E-state index is 0. The molecule has 1 saturated heterocycles. The van der Waals surface area contributed by atoms with Crippen LogP contribution in [-0.4, -0.2) is 47.6 Å². The number of likely N-dealkylation sites (tertiary alicyclic amines) is 1. The maximum Gasteiger partial charge on any atom is 1.00 e. The Morgan fingerprint density at radius 1 is 1.41 bits per heavy atom. The van der Waals surface area contributed by atoms with E-state index in [2.05, 4.69) is 9.08 Å². The van der Waals surface area contributed by atoms with Crippen molar-refractivity contribution < 1.29 is 46.7 Å². The van der Waals surface area contributed by atoms with Crippen LogP contribution in [0.25, 0.3) is 0 Å². The zero-order valence-corrected chi connectivity index (χ0v) is 14.2. The van der Waals surface area contributed by atoms with Crippen molar-refractivity contribution in [3.63, 3.8) is 0 Å². The van der Waals surface area contributed by atoms with Gasteiger partial charge < -0.3 is 9.45 Å². The van der Waals surface area contributed by atoms with Gasteiger partial charge in [0.1, 0.15) is 4.32 Å². The summed E-state index contributed by atoms with van der Waals surface area (Å²) in [7, 11) is -4.54. The molecule has 1 heterocycles. The number of thiocarbonyl (C=S) groups is 1. The molecular formula is C8H14NNaO4S3. The van der Waals surface area contributed by atoms with Crippen LogP contribution in [0.5, 0.6) is 0 Å². The monoisotopic (exact) mass is 307 g/mol. The molecule has 0 atom stereocenters. The molecule has 0 bridgehead atoms. The Labute approximate surface area is 134 Å². The van der Waals surface area contributed by atoms with Crippen molar-refractivity contribution >= 4 is 38.7 Å². The summed E-state index contributed by atoms with van der Waals surface area (Å²) in [5.74, 6) is 0.671. The molecule has 94 valence electrons. The molecule has 9 heteroatoms. The average Bonchev–Trinajstić information content (AvgIpc) is 2.67. The Balaban J connectivity index is 0.00000256. The predicted octanol–water partition coefficient (Wildman–Crippen LogP) is -2.03. The molecule has 0 aromatic rings. The fraction of sp³-hybridized carbons (Fsp3) is 0.875. The van der Waals surface area contributed by atoms with Crippen LogP contribution in [0.3, 0.4) is 0 Å². The first-order valence-corrected chi connectivity index (χ1v) is 7.74. The molecule has 0 aromatic heterocycles. The van der Waals surface area contributed by atoms with Crippen molar-refractivity contribution in [2.24, 2.45) is 0 Å². The average molecular weight is 307 g/mol. The predicted molar refractivity (Wildman–Crippen MR) is 66.1 cm³/mol. The fourth-order valence-electron chi connectivity index (χ4n) is 1.37. The van der Waals surface area contributed by atoms with E-state index in [1.54, 1.807) is 0 Å². The third-order valence-corrected chi connectivity index (χ3v) is 4.17. The van der Waals surface area contributed by atoms with Crippen LogP contribution in [0.4, 0.5) is 0 Å². The molecule has 0 amide bonds. The van der Waals surface area contributed by atoms with Crippen LogP contribution in [0.1, 0.15) is 19.3 Å². The first-order chi connectivity index (χ1) is 7.49. The van der Waals surface area contributed by atoms with Crippen molar-refractivity contribution in [3.05, 3.63) is 0 Å². The normalized spacial score (nSPS) is 15.7. The van der Waals surface area contributed by atoms with Gasteiger partial charge in [0.2, 0.25) is 10.4 Å². The summed E-state index contributed by atoms with van der Waals surface area (Å²) < 4.78 is 35.3. The maximum atomic E-state index is 10.1. The molecule has 0 radical (unpaired) electrons. The van der Waals surface area contributed by atoms with Gasteiger partial charge in [-0.1, -0.05) is 24.0 Å². The Morgan fingerprint density at radius 3 is 2.53 bits per heavy atom. The first kappa shape index (κ1) is 18.1. The summed E-state index contributed by atoms with van der Waals surface area (Å²) in [6, 6.07) is 0. The summed E-state index contributed by atoms with van der Waals surface area (Å²) in [4.78, 5) is 2.14. The first-order valence-electron chi connectivity index (χ1n) is 5.01. The van der Waals surface area contributed by atoms with Crippen LogP contribution in [0.15, 0.2) is 0 Å². The van der Waals surface area contributed by atoms with Crippen molar-refractivity contribution in [1.82, 2.24) is 4.90 Å². The summed E-state index contributed by atoms with van der Waals surface area (Å²) in [6.45, 7) is 1.95. The van der Waals surface area contributed by atoms with Gasteiger partial charge in [0.25, 0.3) is 0 Å². The van der Waals surface area contributed by atoms with Crippen LogP contribution < -0.4 is 29.6 Å². The molecule has 0 saturated carbocycles. The molecule has 1 rings (SSSR count). The van der Waals surface area contributed by atoms with Crippen molar-refractivity contribution in [1.29, 1.82) is 0 Å². The number of nitrogens with zero attached hydrogens (tertiary/aromatic N) is 1. The van der Waals surface area contributed by atoms with Gasteiger partial charge in [0.15, 0.2) is 0 Å². The minimum atomic E-state index is -4.54. The van der Waals surface area contributed by atoms with Crippen molar-refractivity contribution in [2.45, 2.75) is 19.3 Å². The van der Waals surface area contributed by atoms with E-state index in [-0.39, 0.29) is 36.2 Å². The molecule has 1 aliphatic heterocycles. The SMILES string of the molecule is O=S(=O)([O-])OCCCSC(=S)N1CCCC1.[Na+]. The molecule has 0 aliphatic carbocycles. The van der Waals surface area contributed by atoms with Gasteiger partial charge in [-0.15, -0.1) is 0 Å². The molecule has 0 N–H and O–H groups in total. The molecule has 5 nitrogen and oxygen atoms in total. The van der Waals surface area contributed by atoms with E-state index in [0.717, 1.165) is 17.4 Å². The van der Waals surface area contributed by atoms with Gasteiger partial charge in [-0.2, -0.15) is 0 Å². The van der Waals surface area contributed by atoms with E-state index in [4.69, 9.17) is 12.2 Å². The topological polar surface area (TPSA) is 69.7 Å². The molecular weight excluding hydrogens is 293 g/mol. The Kier molecular flexibility index (Phi) is 9.68. The zero-order valence-electron chi connectivity index (χ0n) is 9.75. The Bertz CT molecular complexity index is 330. The quantitative estimate of drug-likeness (QED) is 0.191. The molecule has 17 heavy (non-hydrogen) atoms. The van der Waals surface area contributed by atoms with Gasteiger partial charge in [-0.3, -0.25) is 4.18 Å². The summed E-state index contributed by atoms with van der Waals surface area (Å²) in [6.07, 6.45) is 2.86. The second-order valence-electron chi connectivity index (χ2n) is 3.39. The van der Waals surface area contributed by atoms with E-state index < -0.39 is 10.4 Å². The second kappa shape index (κ2) is 9.08. The fourth-order valence-corrected chi connectivity index (χ4v) is 2.93.